The molecule has 0 aliphatic carbocycles. The predicted molar refractivity (Wildman–Crippen MR) is 104 cm³/mol. The zero-order valence-corrected chi connectivity index (χ0v) is 16.5. The molecule has 1 atom stereocenters. The molecule has 1 aromatic carbocycles. The highest BCUT2D eigenvalue weighted by atomic mass is 16.7. The van der Waals surface area contributed by atoms with E-state index in [1.165, 1.54) is 6.92 Å². The number of nitrogens with zero attached hydrogens (tertiary/aromatic N) is 3. The highest BCUT2D eigenvalue weighted by molar-refractivity contribution is 5.88. The van der Waals surface area contributed by atoms with Gasteiger partial charge in [0.2, 0.25) is 11.8 Å². The van der Waals surface area contributed by atoms with Gasteiger partial charge in [-0.25, -0.2) is 0 Å². The Labute approximate surface area is 164 Å². The molecule has 2 fully saturated rings. The molecule has 1 unspecified atom stereocenters. The van der Waals surface area contributed by atoms with E-state index in [0.717, 1.165) is 23.0 Å². The van der Waals surface area contributed by atoms with Crippen LogP contribution in [0.3, 0.4) is 0 Å². The molecule has 1 aromatic heterocycles. The van der Waals surface area contributed by atoms with Crippen molar-refractivity contribution in [1.82, 2.24) is 14.4 Å². The molecule has 2 saturated heterocycles. The summed E-state index contributed by atoms with van der Waals surface area (Å²) in [6.07, 6.45) is 1.15. The summed E-state index contributed by atoms with van der Waals surface area (Å²) in [5.41, 5.74) is 2.17. The molecular weight excluding hydrogens is 358 g/mol. The maximum Gasteiger partial charge on any atom is 0.245 e. The summed E-state index contributed by atoms with van der Waals surface area (Å²) in [4.78, 5) is 28.8. The second-order valence-electron chi connectivity index (χ2n) is 7.51. The molecule has 2 aromatic rings. The average Bonchev–Trinajstić information content (AvgIpc) is 3.42. The largest absolute Gasteiger partial charge is 0.348 e. The minimum Gasteiger partial charge on any atom is -0.348 e. The maximum atomic E-state index is 13.4. The summed E-state index contributed by atoms with van der Waals surface area (Å²) in [5.74, 6) is -0.0779. The van der Waals surface area contributed by atoms with E-state index < -0.39 is 12.3 Å². The van der Waals surface area contributed by atoms with Crippen molar-refractivity contribution >= 4 is 22.7 Å². The van der Waals surface area contributed by atoms with Gasteiger partial charge in [0.1, 0.15) is 6.04 Å². The maximum absolute atomic E-state index is 13.4. The van der Waals surface area contributed by atoms with Crippen molar-refractivity contribution in [3.05, 3.63) is 36.0 Å². The molecule has 2 amide bonds. The van der Waals surface area contributed by atoms with Gasteiger partial charge in [0, 0.05) is 31.7 Å². The Bertz CT molecular complexity index is 872. The first-order valence-corrected chi connectivity index (χ1v) is 9.87. The summed E-state index contributed by atoms with van der Waals surface area (Å²) in [6, 6.07) is 9.89. The van der Waals surface area contributed by atoms with Crippen LogP contribution in [0.2, 0.25) is 0 Å². The Morgan fingerprint density at radius 2 is 1.96 bits per heavy atom. The number of ether oxygens (including phenoxy) is 2. The number of aryl methyl sites for hydroxylation is 1. The van der Waals surface area contributed by atoms with E-state index in [-0.39, 0.29) is 11.8 Å². The molecule has 150 valence electrons. The normalized spacial score (nSPS) is 20.2. The van der Waals surface area contributed by atoms with Crippen LogP contribution < -0.4 is 0 Å². The van der Waals surface area contributed by atoms with Gasteiger partial charge in [-0.3, -0.25) is 9.59 Å². The molecule has 7 nitrogen and oxygen atoms in total. The average molecular weight is 385 g/mol. The molecule has 3 heterocycles. The zero-order valence-electron chi connectivity index (χ0n) is 16.5. The highest BCUT2D eigenvalue weighted by Crippen LogP contribution is 2.24. The van der Waals surface area contributed by atoms with Crippen LogP contribution in [-0.4, -0.2) is 64.8 Å². The lowest BCUT2D eigenvalue weighted by atomic mass is 10.1. The Morgan fingerprint density at radius 3 is 2.68 bits per heavy atom. The van der Waals surface area contributed by atoms with Crippen LogP contribution in [0.4, 0.5) is 0 Å². The number of aromatic nitrogens is 1. The van der Waals surface area contributed by atoms with E-state index in [0.29, 0.717) is 39.3 Å². The number of hydrogen-bond donors (Lipinski definition) is 0. The molecule has 0 spiro atoms. The van der Waals surface area contributed by atoms with E-state index >= 15 is 0 Å². The summed E-state index contributed by atoms with van der Waals surface area (Å²) in [7, 11) is 2.01. The third kappa shape index (κ3) is 3.64. The lowest BCUT2D eigenvalue weighted by molar-refractivity contribution is -0.147. The molecule has 0 bridgehead atoms. The number of likely N-dealkylation sites (tertiary alicyclic amines) is 1. The van der Waals surface area contributed by atoms with Gasteiger partial charge in [-0.1, -0.05) is 18.2 Å². The van der Waals surface area contributed by atoms with Crippen LogP contribution in [0.5, 0.6) is 0 Å². The summed E-state index contributed by atoms with van der Waals surface area (Å²) in [5, 5.41) is 1.15. The third-order valence-electron chi connectivity index (χ3n) is 5.72. The molecule has 0 saturated carbocycles. The third-order valence-corrected chi connectivity index (χ3v) is 5.72. The first-order valence-electron chi connectivity index (χ1n) is 9.87. The lowest BCUT2D eigenvalue weighted by Gasteiger charge is -2.31. The van der Waals surface area contributed by atoms with Crippen molar-refractivity contribution in [3.8, 4) is 0 Å². The van der Waals surface area contributed by atoms with Gasteiger partial charge < -0.3 is 23.8 Å². The molecule has 7 heteroatoms. The van der Waals surface area contributed by atoms with Gasteiger partial charge in [-0.05, 0) is 30.4 Å². The van der Waals surface area contributed by atoms with E-state index in [4.69, 9.17) is 9.47 Å². The molecule has 0 radical (unpaired) electrons. The molecule has 2 aliphatic rings. The number of benzene rings is 1. The van der Waals surface area contributed by atoms with Crippen LogP contribution in [0.1, 0.15) is 25.5 Å². The van der Waals surface area contributed by atoms with E-state index in [9.17, 15) is 9.59 Å². The molecule has 2 aliphatic heterocycles. The van der Waals surface area contributed by atoms with Crippen molar-refractivity contribution in [2.75, 3.05) is 26.3 Å². The number of para-hydroxylation sites is 1. The van der Waals surface area contributed by atoms with Crippen molar-refractivity contribution in [1.29, 1.82) is 0 Å². The van der Waals surface area contributed by atoms with Gasteiger partial charge in [0.15, 0.2) is 6.29 Å². The van der Waals surface area contributed by atoms with Gasteiger partial charge >= 0.3 is 0 Å². The Hall–Kier alpha value is -2.38. The fourth-order valence-corrected chi connectivity index (χ4v) is 4.23. The number of rotatable bonds is 5. The van der Waals surface area contributed by atoms with Crippen LogP contribution in [0.25, 0.3) is 10.9 Å². The van der Waals surface area contributed by atoms with Gasteiger partial charge in [0.25, 0.3) is 0 Å². The smallest absolute Gasteiger partial charge is 0.245 e. The summed E-state index contributed by atoms with van der Waals surface area (Å²) in [6.45, 7) is 4.08. The number of carbonyl (C=O) groups is 2. The Morgan fingerprint density at radius 1 is 1.21 bits per heavy atom. The monoisotopic (exact) mass is 385 g/mol. The Kier molecular flexibility index (Phi) is 5.37. The van der Waals surface area contributed by atoms with Gasteiger partial charge in [-0.2, -0.15) is 0 Å². The topological polar surface area (TPSA) is 64.0 Å². The summed E-state index contributed by atoms with van der Waals surface area (Å²) >= 11 is 0. The van der Waals surface area contributed by atoms with Crippen molar-refractivity contribution in [2.24, 2.45) is 7.05 Å². The molecular formula is C21H27N3O4. The minimum atomic E-state index is -0.411. The number of carbonyl (C=O) groups excluding carboxylic acids is 2. The van der Waals surface area contributed by atoms with Gasteiger partial charge in [-0.15, -0.1) is 0 Å². The van der Waals surface area contributed by atoms with Crippen molar-refractivity contribution in [2.45, 2.75) is 38.6 Å². The van der Waals surface area contributed by atoms with E-state index in [1.54, 1.807) is 9.80 Å². The summed E-state index contributed by atoms with van der Waals surface area (Å²) < 4.78 is 13.3. The minimum absolute atomic E-state index is 0.0305. The predicted octanol–water partition coefficient (Wildman–Crippen LogP) is 1.89. The van der Waals surface area contributed by atoms with Crippen LogP contribution in [-0.2, 0) is 32.7 Å². The fraction of sp³-hybridized carbons (Fsp3) is 0.524. The molecule has 4 rings (SSSR count). The first kappa shape index (κ1) is 19.0. The first-order chi connectivity index (χ1) is 13.5. The van der Waals surface area contributed by atoms with Crippen LogP contribution in [0, 0.1) is 0 Å². The highest BCUT2D eigenvalue weighted by Gasteiger charge is 2.36. The number of amides is 2. The number of hydrogen-bond acceptors (Lipinski definition) is 4. The molecule has 28 heavy (non-hydrogen) atoms. The second-order valence-corrected chi connectivity index (χ2v) is 7.51. The second kappa shape index (κ2) is 7.93. The van der Waals surface area contributed by atoms with E-state index in [1.807, 2.05) is 19.2 Å². The SMILES string of the molecule is CC(=O)N1CCCC1C(=O)N(Cc1cc2ccccc2n1C)CC1OCCO1. The quantitative estimate of drug-likeness (QED) is 0.789. The van der Waals surface area contributed by atoms with E-state index in [2.05, 4.69) is 22.8 Å². The zero-order chi connectivity index (χ0) is 19.7. The van der Waals surface area contributed by atoms with Crippen LogP contribution >= 0.6 is 0 Å². The molecule has 0 N–H and O–H groups in total. The van der Waals surface area contributed by atoms with Crippen molar-refractivity contribution in [3.63, 3.8) is 0 Å². The fourth-order valence-electron chi connectivity index (χ4n) is 4.23. The van der Waals surface area contributed by atoms with Crippen LogP contribution in [0.15, 0.2) is 30.3 Å². The lowest BCUT2D eigenvalue weighted by Crippen LogP contribution is -2.49. The standard InChI is InChI=1S/C21H27N3O4/c1-15(25)24-9-5-8-19(24)21(26)23(14-20-27-10-11-28-20)13-17-12-16-6-3-4-7-18(16)22(17)2/h3-4,6-7,12,19-20H,5,8-11,13-14H2,1-2H3. The van der Waals surface area contributed by atoms with Gasteiger partial charge in [0.05, 0.1) is 26.3 Å². The van der Waals surface area contributed by atoms with Crippen molar-refractivity contribution < 1.29 is 19.1 Å². The number of fused-ring (bicyclic) bond motifs is 1. The Balaban J connectivity index is 1.60.